The Kier molecular flexibility index (Phi) is 13.1. The fourth-order valence-corrected chi connectivity index (χ4v) is 5.83. The summed E-state index contributed by atoms with van der Waals surface area (Å²) in [5.74, 6) is -1.87. The molecule has 2 aliphatic heterocycles. The molecule has 3 atom stereocenters. The molecule has 12 heteroatoms. The van der Waals surface area contributed by atoms with Crippen LogP contribution >= 0.6 is 0 Å². The van der Waals surface area contributed by atoms with Crippen LogP contribution in [0.15, 0.2) is 60.8 Å². The summed E-state index contributed by atoms with van der Waals surface area (Å²) in [6.07, 6.45) is 3.37. The van der Waals surface area contributed by atoms with Gasteiger partial charge in [0.2, 0.25) is 17.7 Å². The number of fused-ring (bicyclic) bond motifs is 18. The first kappa shape index (κ1) is 36.8. The van der Waals surface area contributed by atoms with Crippen LogP contribution in [0.2, 0.25) is 0 Å². The van der Waals surface area contributed by atoms with Crippen LogP contribution in [0.25, 0.3) is 0 Å². The number of rotatable bonds is 6. The van der Waals surface area contributed by atoms with Crippen molar-refractivity contribution < 1.29 is 24.0 Å². The molecule has 3 heterocycles. The molecule has 0 aliphatic carbocycles. The zero-order valence-electron chi connectivity index (χ0n) is 29.1. The van der Waals surface area contributed by atoms with E-state index in [1.54, 1.807) is 47.0 Å². The second-order valence-corrected chi connectivity index (χ2v) is 13.0. The summed E-state index contributed by atoms with van der Waals surface area (Å²) in [5.41, 5.74) is 3.34. The molecule has 0 unspecified atom stereocenters. The molecule has 3 aromatic rings. The quantitative estimate of drug-likeness (QED) is 0.296. The van der Waals surface area contributed by atoms with E-state index in [2.05, 4.69) is 26.4 Å². The number of amides is 5. The molecule has 5 rings (SSSR count). The van der Waals surface area contributed by atoms with Crippen molar-refractivity contribution in [2.45, 2.75) is 91.5 Å². The van der Waals surface area contributed by atoms with Gasteiger partial charge in [-0.05, 0) is 69.2 Å². The Morgan fingerprint density at radius 3 is 2.24 bits per heavy atom. The van der Waals surface area contributed by atoms with E-state index < -0.39 is 35.8 Å². The largest absolute Gasteiger partial charge is 0.354 e. The van der Waals surface area contributed by atoms with E-state index in [0.717, 1.165) is 16.8 Å². The van der Waals surface area contributed by atoms with Gasteiger partial charge in [-0.1, -0.05) is 56.3 Å². The molecular formula is C37H49N7O5. The zero-order chi connectivity index (χ0) is 35.5. The molecule has 1 aromatic heterocycles. The van der Waals surface area contributed by atoms with Gasteiger partial charge in [-0.3, -0.25) is 28.7 Å². The van der Waals surface area contributed by atoms with E-state index in [0.29, 0.717) is 56.6 Å². The lowest BCUT2D eigenvalue weighted by molar-refractivity contribution is -0.132. The van der Waals surface area contributed by atoms with Gasteiger partial charge in [0, 0.05) is 43.9 Å². The summed E-state index contributed by atoms with van der Waals surface area (Å²) < 4.78 is 1.78. The molecular weight excluding hydrogens is 622 g/mol. The summed E-state index contributed by atoms with van der Waals surface area (Å²) in [5, 5.41) is 15.7. The topological polar surface area (TPSA) is 155 Å². The lowest BCUT2D eigenvalue weighted by Gasteiger charge is -2.25. The van der Waals surface area contributed by atoms with Crippen molar-refractivity contribution in [3.05, 3.63) is 88.7 Å². The molecule has 2 aromatic carbocycles. The molecule has 0 saturated heterocycles. The highest BCUT2D eigenvalue weighted by molar-refractivity contribution is 5.99. The molecule has 49 heavy (non-hydrogen) atoms. The predicted molar refractivity (Wildman–Crippen MR) is 186 cm³/mol. The molecule has 5 amide bonds. The van der Waals surface area contributed by atoms with E-state index in [4.69, 9.17) is 0 Å². The van der Waals surface area contributed by atoms with Crippen molar-refractivity contribution >= 4 is 29.5 Å². The maximum absolute atomic E-state index is 13.8. The first-order valence-corrected chi connectivity index (χ1v) is 17.1. The van der Waals surface area contributed by atoms with E-state index >= 15 is 0 Å². The van der Waals surface area contributed by atoms with Gasteiger partial charge in [0.1, 0.15) is 18.1 Å². The van der Waals surface area contributed by atoms with E-state index in [-0.39, 0.29) is 24.2 Å². The minimum absolute atomic E-state index is 0.0635. The smallest absolute Gasteiger partial charge is 0.257 e. The maximum atomic E-state index is 13.8. The lowest BCUT2D eigenvalue weighted by atomic mass is 10.0. The van der Waals surface area contributed by atoms with Gasteiger partial charge in [0.25, 0.3) is 11.8 Å². The predicted octanol–water partition coefficient (Wildman–Crippen LogP) is 3.14. The van der Waals surface area contributed by atoms with Crippen LogP contribution < -0.4 is 21.3 Å². The van der Waals surface area contributed by atoms with Crippen molar-refractivity contribution in [3.63, 3.8) is 0 Å². The van der Waals surface area contributed by atoms with Crippen LogP contribution in [0.3, 0.4) is 0 Å². The fraction of sp³-hybridized carbons (Fsp3) is 0.459. The number of hydrogen-bond donors (Lipinski definition) is 4. The van der Waals surface area contributed by atoms with Crippen molar-refractivity contribution in [2.24, 2.45) is 5.92 Å². The molecule has 0 fully saturated rings. The summed E-state index contributed by atoms with van der Waals surface area (Å²) >= 11 is 0. The Morgan fingerprint density at radius 1 is 0.898 bits per heavy atom. The molecule has 0 saturated carbocycles. The molecule has 4 N–H and O–H groups in total. The Balaban J connectivity index is 1.63. The van der Waals surface area contributed by atoms with Crippen molar-refractivity contribution in [3.8, 4) is 0 Å². The Bertz CT molecular complexity index is 1600. The number of hydrogen-bond acceptors (Lipinski definition) is 6. The van der Waals surface area contributed by atoms with Gasteiger partial charge in [-0.2, -0.15) is 5.10 Å². The van der Waals surface area contributed by atoms with E-state index in [1.165, 1.54) is 0 Å². The standard InChI is InChI=1S/C37H49N7O5/c1-6-44-26(5)30(22-39-44)37(49)43-19-11-10-18-38-33(45)25(4)40-35(47)31(20-24(2)3)42-36(48)32(21-27-12-8-7-9-13-27)41-34(46)29-16-14-28(23-43)15-17-29/h7-9,12-17,22,24-25,31-32H,6,10-11,18-21,23H2,1-5H3,(H,38,45)(H,40,47)(H,41,46)(H,42,48)/t25-,31+,32-/m1/s1. The minimum atomic E-state index is -0.979. The second kappa shape index (κ2) is 17.4. The van der Waals surface area contributed by atoms with Gasteiger partial charge in [-0.25, -0.2) is 0 Å². The third kappa shape index (κ3) is 10.2. The maximum Gasteiger partial charge on any atom is 0.257 e. The number of aromatic nitrogens is 2. The number of benzene rings is 2. The third-order valence-electron chi connectivity index (χ3n) is 8.66. The van der Waals surface area contributed by atoms with Gasteiger partial charge in [0.15, 0.2) is 0 Å². The fourth-order valence-electron chi connectivity index (χ4n) is 5.83. The van der Waals surface area contributed by atoms with Crippen LogP contribution in [-0.4, -0.2) is 75.4 Å². The molecule has 0 spiro atoms. The number of aryl methyl sites for hydroxylation is 1. The van der Waals surface area contributed by atoms with Crippen LogP contribution in [0.4, 0.5) is 0 Å². The molecule has 0 radical (unpaired) electrons. The average molecular weight is 672 g/mol. The van der Waals surface area contributed by atoms with Crippen LogP contribution in [0.1, 0.15) is 84.5 Å². The van der Waals surface area contributed by atoms with Crippen LogP contribution in [0, 0.1) is 12.8 Å². The Morgan fingerprint density at radius 2 is 1.59 bits per heavy atom. The lowest BCUT2D eigenvalue weighted by Crippen LogP contribution is -2.57. The summed E-state index contributed by atoms with van der Waals surface area (Å²) in [6, 6.07) is 13.5. The number of carbonyl (C=O) groups is 5. The average Bonchev–Trinajstić information content (AvgIpc) is 3.46. The molecule has 262 valence electrons. The number of carbonyl (C=O) groups excluding carboxylic acids is 5. The molecule has 12 nitrogen and oxygen atoms in total. The SMILES string of the molecule is CCn1ncc(C(=O)N2CCCCNC(=O)[C@@H](C)NC(=O)[C@H](CC(C)C)NC(=O)[C@@H](Cc3ccccc3)NC(=O)c3ccc(cc3)C2)c1C. The number of nitrogens with zero attached hydrogens (tertiary/aromatic N) is 3. The third-order valence-corrected chi connectivity index (χ3v) is 8.66. The van der Waals surface area contributed by atoms with Gasteiger partial charge >= 0.3 is 0 Å². The first-order chi connectivity index (χ1) is 23.5. The number of nitrogens with one attached hydrogen (secondary N) is 4. The summed E-state index contributed by atoms with van der Waals surface area (Å²) in [4.78, 5) is 69.1. The highest BCUT2D eigenvalue weighted by Gasteiger charge is 2.30. The highest BCUT2D eigenvalue weighted by atomic mass is 16.2. The second-order valence-electron chi connectivity index (χ2n) is 13.0. The summed E-state index contributed by atoms with van der Waals surface area (Å²) in [6.45, 7) is 11.1. The zero-order valence-corrected chi connectivity index (χ0v) is 29.1. The Hall–Kier alpha value is -5.00. The molecule has 2 bridgehead atoms. The van der Waals surface area contributed by atoms with Crippen LogP contribution in [-0.2, 0) is 33.9 Å². The van der Waals surface area contributed by atoms with Gasteiger partial charge in [-0.15, -0.1) is 0 Å². The Labute approximate surface area is 288 Å². The van der Waals surface area contributed by atoms with E-state index in [9.17, 15) is 24.0 Å². The first-order valence-electron chi connectivity index (χ1n) is 17.1. The minimum Gasteiger partial charge on any atom is -0.354 e. The molecule has 2 aliphatic rings. The van der Waals surface area contributed by atoms with Gasteiger partial charge in [0.05, 0.1) is 11.8 Å². The van der Waals surface area contributed by atoms with Crippen molar-refractivity contribution in [1.82, 2.24) is 35.9 Å². The van der Waals surface area contributed by atoms with Crippen molar-refractivity contribution in [1.29, 1.82) is 0 Å². The summed E-state index contributed by atoms with van der Waals surface area (Å²) in [7, 11) is 0. The van der Waals surface area contributed by atoms with Crippen LogP contribution in [0.5, 0.6) is 0 Å². The normalized spacial score (nSPS) is 20.2. The van der Waals surface area contributed by atoms with E-state index in [1.807, 2.05) is 58.0 Å². The highest BCUT2D eigenvalue weighted by Crippen LogP contribution is 2.16. The van der Waals surface area contributed by atoms with Crippen molar-refractivity contribution in [2.75, 3.05) is 13.1 Å². The monoisotopic (exact) mass is 671 g/mol. The van der Waals surface area contributed by atoms with Gasteiger partial charge < -0.3 is 26.2 Å².